The fourth-order valence-electron chi connectivity index (χ4n) is 3.13. The van der Waals surface area contributed by atoms with Crippen molar-refractivity contribution in [2.75, 3.05) is 13.1 Å². The van der Waals surface area contributed by atoms with Crippen LogP contribution in [0.15, 0.2) is 55.0 Å². The average Bonchev–Trinajstić information content (AvgIpc) is 3.05. The molecule has 1 amide bonds. The molecule has 3 heterocycles. The normalized spacial score (nSPS) is 14.7. The number of carbonyl (C=O) groups is 1. The molecule has 0 unspecified atom stereocenters. The Morgan fingerprint density at radius 1 is 1.21 bits per heavy atom. The molecule has 24 heavy (non-hydrogen) atoms. The minimum absolute atomic E-state index is 0.0506. The summed E-state index contributed by atoms with van der Waals surface area (Å²) in [5.74, 6) is 0.0506. The minimum Gasteiger partial charge on any atom is -0.361 e. The number of rotatable bonds is 2. The number of nitrogens with one attached hydrogen (secondary N) is 1. The fraction of sp³-hybridized carbons (Fsp3) is 0.158. The highest BCUT2D eigenvalue weighted by atomic mass is 35.5. The van der Waals surface area contributed by atoms with Crippen LogP contribution in [0.1, 0.15) is 22.3 Å². The summed E-state index contributed by atoms with van der Waals surface area (Å²) < 4.78 is 0. The van der Waals surface area contributed by atoms with E-state index in [4.69, 9.17) is 11.6 Å². The van der Waals surface area contributed by atoms with Crippen LogP contribution in [-0.4, -0.2) is 33.9 Å². The van der Waals surface area contributed by atoms with Gasteiger partial charge in [-0.15, -0.1) is 0 Å². The molecule has 0 spiro atoms. The summed E-state index contributed by atoms with van der Waals surface area (Å²) in [4.78, 5) is 21.6. The van der Waals surface area contributed by atoms with Crippen molar-refractivity contribution in [1.82, 2.24) is 14.9 Å². The lowest BCUT2D eigenvalue weighted by molar-refractivity contribution is 0.0773. The molecule has 2 aromatic heterocycles. The Labute approximate surface area is 144 Å². The van der Waals surface area contributed by atoms with Gasteiger partial charge in [0.25, 0.3) is 5.91 Å². The number of amides is 1. The number of fused-ring (bicyclic) bond motifs is 1. The molecule has 120 valence electrons. The zero-order valence-electron chi connectivity index (χ0n) is 13.0. The van der Waals surface area contributed by atoms with Gasteiger partial charge in [-0.25, -0.2) is 0 Å². The maximum atomic E-state index is 12.5. The maximum Gasteiger partial charge on any atom is 0.254 e. The van der Waals surface area contributed by atoms with Crippen LogP contribution in [-0.2, 0) is 0 Å². The van der Waals surface area contributed by atoms with Gasteiger partial charge in [-0.1, -0.05) is 17.7 Å². The number of benzene rings is 1. The third-order valence-electron chi connectivity index (χ3n) is 4.41. The first-order chi connectivity index (χ1) is 11.7. The van der Waals surface area contributed by atoms with Gasteiger partial charge in [0, 0.05) is 58.7 Å². The third kappa shape index (κ3) is 2.69. The monoisotopic (exact) mass is 337 g/mol. The number of carbonyl (C=O) groups excluding carboxylic acids is 1. The molecule has 1 aliphatic heterocycles. The number of aromatic nitrogens is 2. The molecule has 4 rings (SSSR count). The summed E-state index contributed by atoms with van der Waals surface area (Å²) in [6, 6.07) is 9.36. The molecule has 0 radical (unpaired) electrons. The SMILES string of the molecule is O=C(c1ccncc1)N1CC=C(c2c[nH]c3ccc(Cl)cc23)CC1. The summed E-state index contributed by atoms with van der Waals surface area (Å²) in [5, 5.41) is 1.86. The Morgan fingerprint density at radius 3 is 2.79 bits per heavy atom. The van der Waals surface area contributed by atoms with Gasteiger partial charge in [0.05, 0.1) is 0 Å². The van der Waals surface area contributed by atoms with Gasteiger partial charge in [0.15, 0.2) is 0 Å². The average molecular weight is 338 g/mol. The summed E-state index contributed by atoms with van der Waals surface area (Å²) in [5.41, 5.74) is 4.18. The van der Waals surface area contributed by atoms with Crippen molar-refractivity contribution in [2.45, 2.75) is 6.42 Å². The van der Waals surface area contributed by atoms with Gasteiger partial charge in [-0.05, 0) is 42.3 Å². The summed E-state index contributed by atoms with van der Waals surface area (Å²) in [6.45, 7) is 1.32. The Morgan fingerprint density at radius 2 is 2.04 bits per heavy atom. The number of hydrogen-bond acceptors (Lipinski definition) is 2. The molecule has 1 N–H and O–H groups in total. The molecule has 1 aliphatic rings. The number of halogens is 1. The van der Waals surface area contributed by atoms with Crippen LogP contribution in [0.4, 0.5) is 0 Å². The summed E-state index contributed by atoms with van der Waals surface area (Å²) in [7, 11) is 0. The van der Waals surface area contributed by atoms with E-state index in [0.29, 0.717) is 18.7 Å². The molecule has 0 saturated carbocycles. The fourth-order valence-corrected chi connectivity index (χ4v) is 3.31. The van der Waals surface area contributed by atoms with Gasteiger partial charge in [-0.3, -0.25) is 9.78 Å². The van der Waals surface area contributed by atoms with Gasteiger partial charge in [-0.2, -0.15) is 0 Å². The van der Waals surface area contributed by atoms with Crippen LogP contribution in [0.3, 0.4) is 0 Å². The van der Waals surface area contributed by atoms with E-state index >= 15 is 0 Å². The molecule has 4 nitrogen and oxygen atoms in total. The Hall–Kier alpha value is -2.59. The van der Waals surface area contributed by atoms with E-state index in [0.717, 1.165) is 22.3 Å². The molecular formula is C19H16ClN3O. The van der Waals surface area contributed by atoms with Crippen LogP contribution in [0.25, 0.3) is 16.5 Å². The van der Waals surface area contributed by atoms with E-state index in [-0.39, 0.29) is 5.91 Å². The lowest BCUT2D eigenvalue weighted by Crippen LogP contribution is -2.34. The molecule has 3 aromatic rings. The first-order valence-corrected chi connectivity index (χ1v) is 8.25. The van der Waals surface area contributed by atoms with E-state index in [1.54, 1.807) is 24.5 Å². The second kappa shape index (κ2) is 6.13. The number of H-pyrrole nitrogens is 1. The van der Waals surface area contributed by atoms with Crippen LogP contribution >= 0.6 is 11.6 Å². The van der Waals surface area contributed by atoms with Crippen molar-refractivity contribution in [2.24, 2.45) is 0 Å². The van der Waals surface area contributed by atoms with Gasteiger partial charge in [0.2, 0.25) is 0 Å². The number of aromatic amines is 1. The summed E-state index contributed by atoms with van der Waals surface area (Å²) in [6.07, 6.45) is 8.28. The van der Waals surface area contributed by atoms with Crippen LogP contribution < -0.4 is 0 Å². The second-order valence-corrected chi connectivity index (χ2v) is 6.30. The largest absolute Gasteiger partial charge is 0.361 e. The van der Waals surface area contributed by atoms with Crippen LogP contribution in [0.2, 0.25) is 5.02 Å². The molecule has 0 fully saturated rings. The molecule has 0 atom stereocenters. The Bertz CT molecular complexity index is 930. The zero-order chi connectivity index (χ0) is 16.5. The smallest absolute Gasteiger partial charge is 0.254 e. The highest BCUT2D eigenvalue weighted by Crippen LogP contribution is 2.31. The highest BCUT2D eigenvalue weighted by Gasteiger charge is 2.20. The molecule has 0 aliphatic carbocycles. The Kier molecular flexibility index (Phi) is 3.82. The predicted molar refractivity (Wildman–Crippen MR) is 96.0 cm³/mol. The van der Waals surface area contributed by atoms with Crippen LogP contribution in [0.5, 0.6) is 0 Å². The van der Waals surface area contributed by atoms with E-state index < -0.39 is 0 Å². The van der Waals surface area contributed by atoms with Crippen molar-refractivity contribution in [1.29, 1.82) is 0 Å². The standard InChI is InChI=1S/C19H16ClN3O/c20-15-1-2-18-16(11-15)17(12-22-18)13-5-9-23(10-6-13)19(24)14-3-7-21-8-4-14/h1-5,7-8,11-12,22H,6,9-10H2. The molecular weight excluding hydrogens is 322 g/mol. The van der Waals surface area contributed by atoms with E-state index in [9.17, 15) is 4.79 Å². The van der Waals surface area contributed by atoms with Gasteiger partial charge >= 0.3 is 0 Å². The molecule has 1 aromatic carbocycles. The van der Waals surface area contributed by atoms with E-state index in [2.05, 4.69) is 16.0 Å². The van der Waals surface area contributed by atoms with Crippen LogP contribution in [0, 0.1) is 0 Å². The third-order valence-corrected chi connectivity index (χ3v) is 4.65. The second-order valence-electron chi connectivity index (χ2n) is 5.86. The lowest BCUT2D eigenvalue weighted by Gasteiger charge is -2.26. The van der Waals surface area contributed by atoms with E-state index in [1.807, 2.05) is 29.3 Å². The van der Waals surface area contributed by atoms with E-state index in [1.165, 1.54) is 11.1 Å². The van der Waals surface area contributed by atoms with Crippen molar-refractivity contribution in [3.8, 4) is 0 Å². The highest BCUT2D eigenvalue weighted by molar-refractivity contribution is 6.31. The maximum absolute atomic E-state index is 12.5. The van der Waals surface area contributed by atoms with Crippen molar-refractivity contribution >= 4 is 34.0 Å². The molecule has 0 bridgehead atoms. The topological polar surface area (TPSA) is 49.0 Å². The van der Waals surface area contributed by atoms with Gasteiger partial charge in [0.1, 0.15) is 0 Å². The minimum atomic E-state index is 0.0506. The first kappa shape index (κ1) is 15.0. The van der Waals surface area contributed by atoms with Crippen molar-refractivity contribution in [3.63, 3.8) is 0 Å². The van der Waals surface area contributed by atoms with Crippen molar-refractivity contribution in [3.05, 3.63) is 71.1 Å². The number of nitrogens with zero attached hydrogens (tertiary/aromatic N) is 2. The quantitative estimate of drug-likeness (QED) is 0.763. The summed E-state index contributed by atoms with van der Waals surface area (Å²) >= 11 is 6.13. The molecule has 5 heteroatoms. The lowest BCUT2D eigenvalue weighted by atomic mass is 9.98. The Balaban J connectivity index is 1.58. The van der Waals surface area contributed by atoms with Crippen molar-refractivity contribution < 1.29 is 4.79 Å². The first-order valence-electron chi connectivity index (χ1n) is 7.88. The number of pyridine rings is 1. The molecule has 0 saturated heterocycles. The van der Waals surface area contributed by atoms with Gasteiger partial charge < -0.3 is 9.88 Å². The predicted octanol–water partition coefficient (Wildman–Crippen LogP) is 4.15. The number of hydrogen-bond donors (Lipinski definition) is 1. The zero-order valence-corrected chi connectivity index (χ0v) is 13.8.